The standard InChI is InChI=1S/C32H43ClO4/c1-7-13-35-20-29(34)21-37-31-25(5)16-28(17-26(31)6)32(11-9-8-10-12-32)27-14-23(3)30(24(4)15-27)36-19-22(2)18-33/h1,14-17,22,29,34H,8-13,18-21H2,2-6H3/t22-,29-/m1/s1. The first-order valence-corrected chi connectivity index (χ1v) is 14.0. The second-order valence-electron chi connectivity index (χ2n) is 10.8. The van der Waals surface area contributed by atoms with E-state index in [2.05, 4.69) is 64.8 Å². The number of hydrogen-bond acceptors (Lipinski definition) is 4. The lowest BCUT2D eigenvalue weighted by atomic mass is 9.64. The second-order valence-corrected chi connectivity index (χ2v) is 11.1. The highest BCUT2D eigenvalue weighted by molar-refractivity contribution is 6.18. The van der Waals surface area contributed by atoms with Gasteiger partial charge in [-0.2, -0.15) is 0 Å². The first kappa shape index (κ1) is 29.4. The molecule has 2 aromatic rings. The first-order chi connectivity index (χ1) is 17.7. The minimum atomic E-state index is -0.726. The van der Waals surface area contributed by atoms with Gasteiger partial charge in [0.25, 0.3) is 0 Å². The molecule has 5 heteroatoms. The Labute approximate surface area is 228 Å². The molecule has 37 heavy (non-hydrogen) atoms. The Morgan fingerprint density at radius 1 is 0.865 bits per heavy atom. The molecule has 4 nitrogen and oxygen atoms in total. The molecule has 1 aliphatic carbocycles. The molecular formula is C32H43ClO4. The smallest absolute Gasteiger partial charge is 0.125 e. The van der Waals surface area contributed by atoms with E-state index in [-0.39, 0.29) is 25.2 Å². The van der Waals surface area contributed by atoms with Gasteiger partial charge < -0.3 is 19.3 Å². The van der Waals surface area contributed by atoms with Gasteiger partial charge in [0.05, 0.1) is 13.2 Å². The predicted molar refractivity (Wildman–Crippen MR) is 152 cm³/mol. The van der Waals surface area contributed by atoms with E-state index < -0.39 is 6.10 Å². The molecule has 0 bridgehead atoms. The van der Waals surface area contributed by atoms with Crippen LogP contribution < -0.4 is 9.47 Å². The molecule has 2 atom stereocenters. The van der Waals surface area contributed by atoms with Gasteiger partial charge in [0, 0.05) is 17.2 Å². The summed E-state index contributed by atoms with van der Waals surface area (Å²) in [5, 5.41) is 10.2. The average molecular weight is 527 g/mol. The minimum Gasteiger partial charge on any atom is -0.493 e. The Bertz CT molecular complexity index is 1030. The highest BCUT2D eigenvalue weighted by atomic mass is 35.5. The summed E-state index contributed by atoms with van der Waals surface area (Å²) >= 11 is 5.99. The number of terminal acetylenes is 1. The van der Waals surface area contributed by atoms with Gasteiger partial charge >= 0.3 is 0 Å². The van der Waals surface area contributed by atoms with Crippen LogP contribution in [-0.2, 0) is 10.2 Å². The summed E-state index contributed by atoms with van der Waals surface area (Å²) in [6.07, 6.45) is 10.4. The SMILES string of the molecule is C#CCOC[C@@H](O)COc1c(C)cc(C2(c3cc(C)c(OC[C@H](C)CCl)c(C)c3)CCCCC2)cc1C. The van der Waals surface area contributed by atoms with Crippen molar-refractivity contribution in [3.05, 3.63) is 57.6 Å². The van der Waals surface area contributed by atoms with Crippen LogP contribution in [-0.4, -0.2) is 43.5 Å². The first-order valence-electron chi connectivity index (χ1n) is 13.5. The lowest BCUT2D eigenvalue weighted by molar-refractivity contribution is 0.0226. The summed E-state index contributed by atoms with van der Waals surface area (Å²) in [7, 11) is 0. The molecule has 2 aromatic carbocycles. The monoisotopic (exact) mass is 526 g/mol. The molecule has 0 amide bonds. The molecule has 0 aliphatic heterocycles. The third kappa shape index (κ3) is 7.23. The number of hydrogen-bond donors (Lipinski definition) is 1. The Balaban J connectivity index is 1.90. The minimum absolute atomic E-state index is 0.0354. The summed E-state index contributed by atoms with van der Waals surface area (Å²) in [6.45, 7) is 11.7. The van der Waals surface area contributed by atoms with Crippen LogP contribution in [0.3, 0.4) is 0 Å². The molecule has 1 aliphatic rings. The third-order valence-electron chi connectivity index (χ3n) is 7.42. The van der Waals surface area contributed by atoms with E-state index >= 15 is 0 Å². The average Bonchev–Trinajstić information content (AvgIpc) is 2.87. The van der Waals surface area contributed by atoms with Gasteiger partial charge in [0.1, 0.15) is 30.8 Å². The maximum atomic E-state index is 10.2. The van der Waals surface area contributed by atoms with Gasteiger partial charge in [-0.05, 0) is 73.9 Å². The predicted octanol–water partition coefficient (Wildman–Crippen LogP) is 6.81. The van der Waals surface area contributed by atoms with Crippen LogP contribution in [0.4, 0.5) is 0 Å². The molecule has 0 aromatic heterocycles. The maximum absolute atomic E-state index is 10.2. The number of alkyl halides is 1. The van der Waals surface area contributed by atoms with E-state index in [1.807, 2.05) is 0 Å². The van der Waals surface area contributed by atoms with E-state index in [0.717, 1.165) is 35.5 Å². The molecule has 0 saturated heterocycles. The van der Waals surface area contributed by atoms with Crippen LogP contribution in [0.25, 0.3) is 0 Å². The van der Waals surface area contributed by atoms with Gasteiger partial charge in [-0.15, -0.1) is 18.0 Å². The van der Waals surface area contributed by atoms with Crippen LogP contribution >= 0.6 is 11.6 Å². The molecule has 0 heterocycles. The van der Waals surface area contributed by atoms with Crippen molar-refractivity contribution in [1.82, 2.24) is 0 Å². The summed E-state index contributed by atoms with van der Waals surface area (Å²) in [5.74, 6) is 5.12. The Hall–Kier alpha value is -2.19. The third-order valence-corrected chi connectivity index (χ3v) is 7.95. The van der Waals surface area contributed by atoms with Crippen LogP contribution in [0, 0.1) is 46.0 Å². The molecule has 1 fully saturated rings. The number of aliphatic hydroxyl groups excluding tert-OH is 1. The lowest BCUT2D eigenvalue weighted by Gasteiger charge is -2.40. The van der Waals surface area contributed by atoms with Crippen LogP contribution in [0.2, 0.25) is 0 Å². The van der Waals surface area contributed by atoms with Crippen LogP contribution in [0.15, 0.2) is 24.3 Å². The van der Waals surface area contributed by atoms with Crippen molar-refractivity contribution in [1.29, 1.82) is 0 Å². The summed E-state index contributed by atoms with van der Waals surface area (Å²) in [4.78, 5) is 0. The summed E-state index contributed by atoms with van der Waals surface area (Å²) in [5.41, 5.74) is 7.20. The zero-order valence-corrected chi connectivity index (χ0v) is 23.9. The van der Waals surface area contributed by atoms with E-state index in [0.29, 0.717) is 18.4 Å². The van der Waals surface area contributed by atoms with Gasteiger partial charge in [-0.3, -0.25) is 0 Å². The zero-order valence-electron chi connectivity index (χ0n) is 23.2. The topological polar surface area (TPSA) is 47.9 Å². The highest BCUT2D eigenvalue weighted by Crippen LogP contribution is 2.47. The molecule has 1 saturated carbocycles. The van der Waals surface area contributed by atoms with Gasteiger partial charge in [-0.1, -0.05) is 56.4 Å². The van der Waals surface area contributed by atoms with Gasteiger partial charge in [-0.25, -0.2) is 0 Å². The number of ether oxygens (including phenoxy) is 3. The molecule has 0 unspecified atom stereocenters. The van der Waals surface area contributed by atoms with Crippen molar-refractivity contribution < 1.29 is 19.3 Å². The molecule has 1 N–H and O–H groups in total. The second kappa shape index (κ2) is 13.6. The fourth-order valence-corrected chi connectivity index (χ4v) is 5.65. The quantitative estimate of drug-likeness (QED) is 0.187. The Morgan fingerprint density at radius 2 is 1.35 bits per heavy atom. The fraction of sp³-hybridized carbons (Fsp3) is 0.562. The zero-order chi connectivity index (χ0) is 27.0. The van der Waals surface area contributed by atoms with Crippen LogP contribution in [0.1, 0.15) is 72.4 Å². The number of aryl methyl sites for hydroxylation is 4. The number of aliphatic hydroxyl groups is 1. The van der Waals surface area contributed by atoms with Crippen molar-refractivity contribution in [3.8, 4) is 23.8 Å². The largest absolute Gasteiger partial charge is 0.493 e. The highest BCUT2D eigenvalue weighted by Gasteiger charge is 2.37. The van der Waals surface area contributed by atoms with Crippen molar-refractivity contribution in [2.24, 2.45) is 5.92 Å². The normalized spacial score (nSPS) is 16.6. The van der Waals surface area contributed by atoms with Crippen LogP contribution in [0.5, 0.6) is 11.5 Å². The number of benzene rings is 2. The van der Waals surface area contributed by atoms with Gasteiger partial charge in [0.2, 0.25) is 0 Å². The Morgan fingerprint density at radius 3 is 1.81 bits per heavy atom. The van der Waals surface area contributed by atoms with Crippen molar-refractivity contribution in [2.45, 2.75) is 78.2 Å². The van der Waals surface area contributed by atoms with E-state index in [1.165, 1.54) is 41.5 Å². The molecule has 3 rings (SSSR count). The van der Waals surface area contributed by atoms with Crippen molar-refractivity contribution >= 4 is 11.6 Å². The van der Waals surface area contributed by atoms with E-state index in [4.69, 9.17) is 32.2 Å². The Kier molecular flexibility index (Phi) is 10.8. The molecular weight excluding hydrogens is 484 g/mol. The molecule has 0 radical (unpaired) electrons. The molecule has 0 spiro atoms. The van der Waals surface area contributed by atoms with Gasteiger partial charge in [0.15, 0.2) is 0 Å². The van der Waals surface area contributed by atoms with E-state index in [1.54, 1.807) is 0 Å². The fourth-order valence-electron chi connectivity index (χ4n) is 5.56. The summed E-state index contributed by atoms with van der Waals surface area (Å²) in [6, 6.07) is 9.24. The summed E-state index contributed by atoms with van der Waals surface area (Å²) < 4.78 is 17.5. The van der Waals surface area contributed by atoms with Crippen molar-refractivity contribution in [3.63, 3.8) is 0 Å². The van der Waals surface area contributed by atoms with E-state index in [9.17, 15) is 5.11 Å². The molecule has 202 valence electrons. The van der Waals surface area contributed by atoms with Crippen molar-refractivity contribution in [2.75, 3.05) is 32.3 Å². The maximum Gasteiger partial charge on any atom is 0.125 e. The number of halogens is 1. The lowest BCUT2D eigenvalue weighted by Crippen LogP contribution is -2.31. The number of rotatable bonds is 12.